The number of hydrogen-bond acceptors (Lipinski definition) is 0. The van der Waals surface area contributed by atoms with Crippen molar-refractivity contribution < 1.29 is 65.8 Å². The van der Waals surface area contributed by atoms with Crippen molar-refractivity contribution in [2.75, 3.05) is 0 Å². The third-order valence-electron chi connectivity index (χ3n) is 0. The molecule has 0 atom stereocenters. The summed E-state index contributed by atoms with van der Waals surface area (Å²) in [7, 11) is 0. The minimum Gasteiger partial charge on any atom is -0.0776 e. The first-order valence-corrected chi connectivity index (χ1v) is 0. The molecule has 0 N–H and O–H groups in total. The van der Waals surface area contributed by atoms with Gasteiger partial charge in [0, 0.05) is 65.8 Å². The van der Waals surface area contributed by atoms with Crippen molar-refractivity contribution in [2.24, 2.45) is 0 Å². The normalized spacial score (nSPS) is 0. The van der Waals surface area contributed by atoms with Gasteiger partial charge in [-0.05, 0) is 0 Å². The monoisotopic (exact) mass is 474 g/mol. The second-order valence-electron chi connectivity index (χ2n) is 0. The molecule has 0 saturated carbocycles. The fourth-order valence-electron chi connectivity index (χ4n) is 0. The summed E-state index contributed by atoms with van der Waals surface area (Å²) in [6, 6.07) is 0. The van der Waals surface area contributed by atoms with Gasteiger partial charge in [-0.15, -0.1) is 0 Å². The van der Waals surface area contributed by atoms with Gasteiger partial charge < -0.3 is 0 Å². The Morgan fingerprint density at radius 2 is 1.00 bits per heavy atom. The van der Waals surface area contributed by atoms with Gasteiger partial charge in [-0.3, -0.25) is 0 Å². The fraction of sp³-hybridized carbons (Fsp3) is 1.00. The van der Waals surface area contributed by atoms with Crippen molar-refractivity contribution in [3.05, 3.63) is 0 Å². The van der Waals surface area contributed by atoms with Gasteiger partial charge in [-0.2, -0.15) is 0 Å². The van der Waals surface area contributed by atoms with Crippen LogP contribution in [-0.4, -0.2) is 0 Å². The van der Waals surface area contributed by atoms with Crippen molar-refractivity contribution >= 4 is 0 Å². The molecule has 3 heteroatoms. The van der Waals surface area contributed by atoms with E-state index in [2.05, 4.69) is 0 Å². The van der Waals surface area contributed by atoms with Crippen LogP contribution >= 0.6 is 0 Å². The van der Waals surface area contributed by atoms with Crippen molar-refractivity contribution in [3.63, 3.8) is 0 Å². The van der Waals surface area contributed by atoms with Gasteiger partial charge in [0.2, 0.25) is 0 Å². The maximum Gasteiger partial charge on any atom is 0 e. The molecule has 0 fully saturated rings. The Labute approximate surface area is 72.4 Å². The van der Waals surface area contributed by atoms with Crippen LogP contribution in [0.15, 0.2) is 0 Å². The van der Waals surface area contributed by atoms with Crippen LogP contribution in [0.3, 0.4) is 0 Å². The molecule has 0 aromatic rings. The third kappa shape index (κ3) is 8.90. The first-order valence-electron chi connectivity index (χ1n) is 0. The van der Waals surface area contributed by atoms with Gasteiger partial charge in [0.25, 0.3) is 0 Å². The number of hydrogen-bond donors (Lipinski definition) is 0. The standard InChI is InChI=1S/CH4.Nb.Ta.W/h1H4;;;. The van der Waals surface area contributed by atoms with E-state index >= 15 is 0 Å². The van der Waals surface area contributed by atoms with E-state index in [1.807, 2.05) is 0 Å². The van der Waals surface area contributed by atoms with E-state index in [0.717, 1.165) is 0 Å². The Morgan fingerprint density at radius 3 is 1.00 bits per heavy atom. The average Bonchev–Trinajstić information content (AvgIpc) is 0. The number of rotatable bonds is 0. The molecule has 0 aromatic heterocycles. The van der Waals surface area contributed by atoms with Crippen molar-refractivity contribution in [3.8, 4) is 0 Å². The summed E-state index contributed by atoms with van der Waals surface area (Å²) in [6.07, 6.45) is 0. The summed E-state index contributed by atoms with van der Waals surface area (Å²) in [6.45, 7) is 0. The first-order chi connectivity index (χ1) is 0. The summed E-state index contributed by atoms with van der Waals surface area (Å²) in [5, 5.41) is 0. The molecular formula is CH4NbTaW. The Balaban J connectivity index is 0. The molecule has 0 bridgehead atoms. The Bertz CT molecular complexity index is 8.00. The van der Waals surface area contributed by atoms with Gasteiger partial charge in [0.05, 0.1) is 0 Å². The van der Waals surface area contributed by atoms with Crippen LogP contribution in [0.25, 0.3) is 0 Å². The molecule has 0 rings (SSSR count). The Morgan fingerprint density at radius 1 is 1.00 bits per heavy atom. The molecule has 4 heavy (non-hydrogen) atoms. The topological polar surface area (TPSA) is 0 Å². The van der Waals surface area contributed by atoms with E-state index in [1.54, 1.807) is 0 Å². The molecule has 0 unspecified atom stereocenters. The zero-order chi connectivity index (χ0) is 0. The molecule has 0 aliphatic carbocycles. The van der Waals surface area contributed by atoms with Crippen LogP contribution in [0.5, 0.6) is 0 Å². The molecule has 0 heterocycles. The molecule has 0 spiro atoms. The van der Waals surface area contributed by atoms with Gasteiger partial charge in [-0.25, -0.2) is 0 Å². The maximum absolute atomic E-state index is 0. The molecule has 0 saturated heterocycles. The second-order valence-corrected chi connectivity index (χ2v) is 0. The smallest absolute Gasteiger partial charge is 0 e. The van der Waals surface area contributed by atoms with Crippen LogP contribution in [0, 0.1) is 0 Å². The van der Waals surface area contributed by atoms with E-state index in [0.29, 0.717) is 0 Å². The molecule has 0 aromatic carbocycles. The third-order valence-corrected chi connectivity index (χ3v) is 0. The fourth-order valence-corrected chi connectivity index (χ4v) is 0. The predicted molar refractivity (Wildman–Crippen MR) is 6.73 cm³/mol. The van der Waals surface area contributed by atoms with E-state index in [1.165, 1.54) is 0 Å². The summed E-state index contributed by atoms with van der Waals surface area (Å²) < 4.78 is 0. The Hall–Kier alpha value is 2.17. The Kier molecular flexibility index (Phi) is 167. The van der Waals surface area contributed by atoms with Crippen molar-refractivity contribution in [1.29, 1.82) is 0 Å². The second kappa shape index (κ2) is 19.1. The largest absolute Gasteiger partial charge is 0.0776 e. The minimum absolute atomic E-state index is 0. The van der Waals surface area contributed by atoms with Crippen LogP contribution in [0.1, 0.15) is 7.43 Å². The van der Waals surface area contributed by atoms with Crippen LogP contribution in [0.2, 0.25) is 0 Å². The van der Waals surface area contributed by atoms with E-state index in [4.69, 9.17) is 0 Å². The average molecular weight is 474 g/mol. The summed E-state index contributed by atoms with van der Waals surface area (Å²) in [4.78, 5) is 0. The SMILES string of the molecule is C.[Nb].[Ta].[W]. The van der Waals surface area contributed by atoms with Gasteiger partial charge in [-0.1, -0.05) is 7.43 Å². The minimum atomic E-state index is 0. The van der Waals surface area contributed by atoms with Crippen LogP contribution in [0.4, 0.5) is 0 Å². The molecule has 0 amide bonds. The molecular weight excluding hydrogens is 470 g/mol. The molecule has 0 aliphatic heterocycles. The van der Waals surface area contributed by atoms with Crippen LogP contribution < -0.4 is 0 Å². The molecule has 0 nitrogen and oxygen atoms in total. The van der Waals surface area contributed by atoms with Gasteiger partial charge >= 0.3 is 0 Å². The quantitative estimate of drug-likeness (QED) is 0.453. The summed E-state index contributed by atoms with van der Waals surface area (Å²) >= 11 is 0. The zero-order valence-corrected chi connectivity index (χ0v) is 9.65. The van der Waals surface area contributed by atoms with Crippen molar-refractivity contribution in [1.82, 2.24) is 0 Å². The van der Waals surface area contributed by atoms with E-state index in [9.17, 15) is 0 Å². The first kappa shape index (κ1) is 35.0. The molecule has 0 aliphatic rings. The summed E-state index contributed by atoms with van der Waals surface area (Å²) in [5.74, 6) is 0. The zero-order valence-electron chi connectivity index (χ0n) is 1.30. The van der Waals surface area contributed by atoms with Crippen molar-refractivity contribution in [2.45, 2.75) is 7.43 Å². The maximum atomic E-state index is 0. The molecule has 2 radical (unpaired) electrons. The van der Waals surface area contributed by atoms with E-state index in [-0.39, 0.29) is 73.3 Å². The molecule has 24 valence electrons. The van der Waals surface area contributed by atoms with Gasteiger partial charge in [0.1, 0.15) is 0 Å². The summed E-state index contributed by atoms with van der Waals surface area (Å²) in [5.41, 5.74) is 0. The van der Waals surface area contributed by atoms with E-state index < -0.39 is 0 Å². The predicted octanol–water partition coefficient (Wildman–Crippen LogP) is 0.629. The van der Waals surface area contributed by atoms with Crippen LogP contribution in [-0.2, 0) is 65.8 Å². The van der Waals surface area contributed by atoms with Gasteiger partial charge in [0.15, 0.2) is 0 Å².